The van der Waals surface area contributed by atoms with E-state index in [1.165, 1.54) is 25.7 Å². The molecule has 6 heteroatoms. The molecule has 3 fully saturated rings. The summed E-state index contributed by atoms with van der Waals surface area (Å²) in [7, 11) is 0. The number of hydrogen-bond acceptors (Lipinski definition) is 5. The molecule has 3 aliphatic rings. The molecule has 0 unspecified atom stereocenters. The second-order valence-corrected chi connectivity index (χ2v) is 7.36. The van der Waals surface area contributed by atoms with Gasteiger partial charge < -0.3 is 5.11 Å². The number of likely N-dealkylation sites (tertiary alicyclic amines) is 2. The molecule has 23 heavy (non-hydrogen) atoms. The molecule has 0 spiro atoms. The lowest BCUT2D eigenvalue weighted by Crippen LogP contribution is -2.42. The third-order valence-electron chi connectivity index (χ3n) is 5.96. The lowest BCUT2D eigenvalue weighted by atomic mass is 9.81. The van der Waals surface area contributed by atoms with Crippen LogP contribution in [-0.4, -0.2) is 63.1 Å². The van der Waals surface area contributed by atoms with E-state index in [0.29, 0.717) is 25.7 Å². The van der Waals surface area contributed by atoms with Gasteiger partial charge in [0.2, 0.25) is 0 Å². The minimum absolute atomic E-state index is 0.226. The van der Waals surface area contributed by atoms with Crippen molar-refractivity contribution in [3.8, 4) is 0 Å². The molecule has 0 amide bonds. The van der Waals surface area contributed by atoms with Crippen molar-refractivity contribution in [2.75, 3.05) is 26.2 Å². The molecule has 0 bridgehead atoms. The van der Waals surface area contributed by atoms with Crippen LogP contribution >= 0.6 is 0 Å². The van der Waals surface area contributed by atoms with Crippen molar-refractivity contribution in [3.63, 3.8) is 0 Å². The van der Waals surface area contributed by atoms with Crippen LogP contribution in [0.3, 0.4) is 0 Å². The quantitative estimate of drug-likeness (QED) is 0.901. The zero-order valence-corrected chi connectivity index (χ0v) is 13.4. The van der Waals surface area contributed by atoms with E-state index in [1.807, 2.05) is 0 Å². The van der Waals surface area contributed by atoms with Gasteiger partial charge in [0.1, 0.15) is 5.82 Å². The molecule has 1 aromatic rings. The number of hydrogen-bond donors (Lipinski definition) is 1. The Kier molecular flexibility index (Phi) is 3.81. The Morgan fingerprint density at radius 2 is 1.96 bits per heavy atom. The van der Waals surface area contributed by atoms with E-state index in [1.54, 1.807) is 18.5 Å². The van der Waals surface area contributed by atoms with Gasteiger partial charge in [-0.15, -0.1) is 0 Å². The van der Waals surface area contributed by atoms with Crippen LogP contribution in [0.5, 0.6) is 0 Å². The number of aliphatic carboxylic acids is 1. The minimum atomic E-state index is -0.625. The number of rotatable bonds is 4. The molecule has 2 aliphatic heterocycles. The molecular formula is C17H24N4O2. The van der Waals surface area contributed by atoms with Crippen molar-refractivity contribution >= 4 is 5.97 Å². The maximum absolute atomic E-state index is 12.1. The summed E-state index contributed by atoms with van der Waals surface area (Å²) in [5.41, 5.74) is -0.600. The Labute approximate surface area is 136 Å². The molecular weight excluding hydrogens is 292 g/mol. The molecule has 124 valence electrons. The van der Waals surface area contributed by atoms with Crippen LogP contribution in [0.15, 0.2) is 18.5 Å². The van der Waals surface area contributed by atoms with E-state index in [2.05, 4.69) is 19.8 Å². The molecule has 4 rings (SSSR count). The van der Waals surface area contributed by atoms with Gasteiger partial charge >= 0.3 is 5.97 Å². The third kappa shape index (κ3) is 2.64. The van der Waals surface area contributed by atoms with E-state index in [0.717, 1.165) is 18.9 Å². The number of carboxylic acids is 1. The summed E-state index contributed by atoms with van der Waals surface area (Å²) >= 11 is 0. The Morgan fingerprint density at radius 1 is 1.22 bits per heavy atom. The van der Waals surface area contributed by atoms with E-state index >= 15 is 0 Å². The Morgan fingerprint density at radius 3 is 2.61 bits per heavy atom. The van der Waals surface area contributed by atoms with Crippen LogP contribution in [0.2, 0.25) is 0 Å². The Hall–Kier alpha value is -1.53. The normalized spacial score (nSPS) is 32.4. The van der Waals surface area contributed by atoms with Gasteiger partial charge in [0.05, 0.1) is 12.0 Å². The molecule has 1 aliphatic carbocycles. The largest absolute Gasteiger partial charge is 0.481 e. The summed E-state index contributed by atoms with van der Waals surface area (Å²) in [6, 6.07) is 2.42. The van der Waals surface area contributed by atoms with Crippen molar-refractivity contribution in [1.29, 1.82) is 0 Å². The standard InChI is InChI=1S/C17H24N4O2/c22-16(23)17-11-20(10-15-18-6-3-7-19-15)8-13(17)9-21(12-17)14-4-1-2-5-14/h3,6-7,13-14H,1-2,4-5,8-12H2,(H,22,23)/t13-,17-/m1/s1. The van der Waals surface area contributed by atoms with E-state index in [9.17, 15) is 9.90 Å². The van der Waals surface area contributed by atoms with Gasteiger partial charge in [-0.25, -0.2) is 9.97 Å². The van der Waals surface area contributed by atoms with Crippen molar-refractivity contribution in [1.82, 2.24) is 19.8 Å². The summed E-state index contributed by atoms with van der Waals surface area (Å²) < 4.78 is 0. The summed E-state index contributed by atoms with van der Waals surface area (Å²) in [5, 5.41) is 9.93. The van der Waals surface area contributed by atoms with Gasteiger partial charge in [0.15, 0.2) is 0 Å². The first-order valence-electron chi connectivity index (χ1n) is 8.63. The molecule has 1 saturated carbocycles. The predicted octanol–water partition coefficient (Wildman–Crippen LogP) is 1.24. The third-order valence-corrected chi connectivity index (χ3v) is 5.96. The smallest absolute Gasteiger partial charge is 0.312 e. The van der Waals surface area contributed by atoms with Gasteiger partial charge in [0, 0.05) is 50.5 Å². The fourth-order valence-electron chi connectivity index (χ4n) is 4.79. The monoisotopic (exact) mass is 316 g/mol. The summed E-state index contributed by atoms with van der Waals surface area (Å²) in [6.07, 6.45) is 8.56. The Bertz CT molecular complexity index is 575. The highest BCUT2D eigenvalue weighted by molar-refractivity contribution is 5.77. The van der Waals surface area contributed by atoms with Gasteiger partial charge in [-0.05, 0) is 18.9 Å². The molecule has 2 atom stereocenters. The average molecular weight is 316 g/mol. The van der Waals surface area contributed by atoms with Gasteiger partial charge in [-0.1, -0.05) is 12.8 Å². The number of aromatic nitrogens is 2. The highest BCUT2D eigenvalue weighted by atomic mass is 16.4. The second kappa shape index (κ2) is 5.83. The van der Waals surface area contributed by atoms with Crippen molar-refractivity contribution in [3.05, 3.63) is 24.3 Å². The molecule has 1 N–H and O–H groups in total. The van der Waals surface area contributed by atoms with E-state index in [4.69, 9.17) is 0 Å². The first-order valence-corrected chi connectivity index (χ1v) is 8.63. The van der Waals surface area contributed by atoms with Crippen LogP contribution in [0, 0.1) is 11.3 Å². The number of nitrogens with zero attached hydrogens (tertiary/aromatic N) is 4. The number of carboxylic acid groups (broad SMARTS) is 1. The zero-order chi connectivity index (χ0) is 15.9. The fraction of sp³-hybridized carbons (Fsp3) is 0.706. The minimum Gasteiger partial charge on any atom is -0.481 e. The summed E-state index contributed by atoms with van der Waals surface area (Å²) in [6.45, 7) is 3.75. The zero-order valence-electron chi connectivity index (χ0n) is 13.4. The van der Waals surface area contributed by atoms with E-state index < -0.39 is 11.4 Å². The van der Waals surface area contributed by atoms with Crippen LogP contribution in [0.4, 0.5) is 0 Å². The molecule has 2 saturated heterocycles. The Balaban J connectivity index is 1.47. The fourth-order valence-corrected chi connectivity index (χ4v) is 4.79. The van der Waals surface area contributed by atoms with Crippen LogP contribution in [0.1, 0.15) is 31.5 Å². The lowest BCUT2D eigenvalue weighted by molar-refractivity contribution is -0.149. The number of carbonyl (C=O) groups is 1. The number of fused-ring (bicyclic) bond motifs is 1. The average Bonchev–Trinajstić information content (AvgIpc) is 3.21. The topological polar surface area (TPSA) is 69.6 Å². The van der Waals surface area contributed by atoms with Crippen LogP contribution < -0.4 is 0 Å². The van der Waals surface area contributed by atoms with Gasteiger partial charge in [-0.3, -0.25) is 14.6 Å². The first kappa shape index (κ1) is 15.0. The predicted molar refractivity (Wildman–Crippen MR) is 84.7 cm³/mol. The molecule has 0 aromatic carbocycles. The van der Waals surface area contributed by atoms with Crippen molar-refractivity contribution in [2.45, 2.75) is 38.3 Å². The van der Waals surface area contributed by atoms with Crippen LogP contribution in [0.25, 0.3) is 0 Å². The molecule has 6 nitrogen and oxygen atoms in total. The molecule has 3 heterocycles. The summed E-state index contributed by atoms with van der Waals surface area (Å²) in [5.74, 6) is 0.379. The molecule has 1 aromatic heterocycles. The summed E-state index contributed by atoms with van der Waals surface area (Å²) in [4.78, 5) is 25.3. The van der Waals surface area contributed by atoms with Crippen molar-refractivity contribution in [2.24, 2.45) is 11.3 Å². The first-order chi connectivity index (χ1) is 11.2. The maximum atomic E-state index is 12.1. The lowest BCUT2D eigenvalue weighted by Gasteiger charge is -2.28. The maximum Gasteiger partial charge on any atom is 0.312 e. The highest BCUT2D eigenvalue weighted by Crippen LogP contribution is 2.45. The van der Waals surface area contributed by atoms with Crippen LogP contribution in [-0.2, 0) is 11.3 Å². The van der Waals surface area contributed by atoms with Gasteiger partial charge in [0.25, 0.3) is 0 Å². The highest BCUT2D eigenvalue weighted by Gasteiger charge is 2.58. The van der Waals surface area contributed by atoms with E-state index in [-0.39, 0.29) is 5.92 Å². The molecule has 0 radical (unpaired) electrons. The van der Waals surface area contributed by atoms with Gasteiger partial charge in [-0.2, -0.15) is 0 Å². The second-order valence-electron chi connectivity index (χ2n) is 7.36. The SMILES string of the molecule is O=C(O)[C@@]12CN(Cc3ncccn3)C[C@@H]1CN(C1CCCC1)C2. The van der Waals surface area contributed by atoms with Crippen molar-refractivity contribution < 1.29 is 9.90 Å².